The van der Waals surface area contributed by atoms with E-state index in [1.807, 2.05) is 19.1 Å². The number of rotatable bonds is 3. The molecule has 0 bridgehead atoms. The summed E-state index contributed by atoms with van der Waals surface area (Å²) in [6, 6.07) is 13.1. The van der Waals surface area contributed by atoms with Crippen LogP contribution in [-0.4, -0.2) is 32.6 Å². The SMILES string of the molecule is CC(O)(Cn1c2c(c3ccccc31)C1CCCN1CC2)c1cccnc1. The van der Waals surface area contributed by atoms with Gasteiger partial charge in [-0.15, -0.1) is 0 Å². The van der Waals surface area contributed by atoms with Crippen molar-refractivity contribution in [3.63, 3.8) is 0 Å². The molecule has 2 atom stereocenters. The summed E-state index contributed by atoms with van der Waals surface area (Å²) >= 11 is 0. The van der Waals surface area contributed by atoms with Crippen molar-refractivity contribution in [2.24, 2.45) is 0 Å². The van der Waals surface area contributed by atoms with Crippen LogP contribution in [0.5, 0.6) is 0 Å². The lowest BCUT2D eigenvalue weighted by Crippen LogP contribution is -2.33. The Bertz CT molecular complexity index is 945. The molecule has 0 spiro atoms. The van der Waals surface area contributed by atoms with Crippen LogP contribution in [0, 0.1) is 0 Å². The molecule has 0 saturated carbocycles. The zero-order valence-electron chi connectivity index (χ0n) is 15.2. The molecule has 2 unspecified atom stereocenters. The van der Waals surface area contributed by atoms with Gasteiger partial charge in [-0.2, -0.15) is 0 Å². The van der Waals surface area contributed by atoms with Gasteiger partial charge in [-0.3, -0.25) is 9.88 Å². The number of fused-ring (bicyclic) bond motifs is 5. The van der Waals surface area contributed by atoms with Gasteiger partial charge in [0.2, 0.25) is 0 Å². The Labute approximate surface area is 154 Å². The van der Waals surface area contributed by atoms with Gasteiger partial charge in [0.1, 0.15) is 5.60 Å². The Hall–Kier alpha value is -2.17. The Kier molecular flexibility index (Phi) is 3.66. The van der Waals surface area contributed by atoms with Crippen molar-refractivity contribution in [1.29, 1.82) is 0 Å². The van der Waals surface area contributed by atoms with Crippen LogP contribution in [0.15, 0.2) is 48.8 Å². The van der Waals surface area contributed by atoms with Crippen molar-refractivity contribution in [1.82, 2.24) is 14.5 Å². The molecule has 0 aliphatic carbocycles. The van der Waals surface area contributed by atoms with Gasteiger partial charge >= 0.3 is 0 Å². The lowest BCUT2D eigenvalue weighted by molar-refractivity contribution is 0.0380. The van der Waals surface area contributed by atoms with E-state index in [1.54, 1.807) is 12.4 Å². The van der Waals surface area contributed by atoms with Gasteiger partial charge in [0.25, 0.3) is 0 Å². The highest BCUT2D eigenvalue weighted by Crippen LogP contribution is 2.43. The molecule has 4 heterocycles. The Morgan fingerprint density at radius 3 is 2.92 bits per heavy atom. The van der Waals surface area contributed by atoms with Crippen LogP contribution in [0.1, 0.15) is 42.6 Å². The summed E-state index contributed by atoms with van der Waals surface area (Å²) in [6.45, 7) is 4.80. The summed E-state index contributed by atoms with van der Waals surface area (Å²) in [5.41, 5.74) is 4.08. The van der Waals surface area contributed by atoms with Crippen LogP contribution in [-0.2, 0) is 18.6 Å². The summed E-state index contributed by atoms with van der Waals surface area (Å²) in [7, 11) is 0. The maximum absolute atomic E-state index is 11.2. The second-order valence-corrected chi connectivity index (χ2v) is 7.92. The fourth-order valence-corrected chi connectivity index (χ4v) is 4.96. The van der Waals surface area contributed by atoms with Gasteiger partial charge in [0.05, 0.1) is 6.54 Å². The van der Waals surface area contributed by atoms with Crippen LogP contribution in [0.2, 0.25) is 0 Å². The monoisotopic (exact) mass is 347 g/mol. The number of hydrogen-bond donors (Lipinski definition) is 1. The zero-order chi connectivity index (χ0) is 17.7. The van der Waals surface area contributed by atoms with Crippen LogP contribution in [0.25, 0.3) is 10.9 Å². The Balaban J connectivity index is 1.65. The minimum Gasteiger partial charge on any atom is -0.384 e. The molecule has 1 saturated heterocycles. The molecule has 1 fully saturated rings. The number of aromatic nitrogens is 2. The molecule has 2 aliphatic rings. The van der Waals surface area contributed by atoms with Crippen molar-refractivity contribution < 1.29 is 5.11 Å². The van der Waals surface area contributed by atoms with Crippen LogP contribution >= 0.6 is 0 Å². The number of nitrogens with zero attached hydrogens (tertiary/aromatic N) is 3. The molecule has 134 valence electrons. The number of benzene rings is 1. The van der Waals surface area contributed by atoms with Gasteiger partial charge in [-0.05, 0) is 44.0 Å². The van der Waals surface area contributed by atoms with Crippen LogP contribution in [0.3, 0.4) is 0 Å². The van der Waals surface area contributed by atoms with Crippen molar-refractivity contribution in [3.05, 3.63) is 65.6 Å². The number of para-hydroxylation sites is 1. The van der Waals surface area contributed by atoms with E-state index in [1.165, 1.54) is 41.5 Å². The molecule has 26 heavy (non-hydrogen) atoms. The molecule has 5 rings (SSSR count). The van der Waals surface area contributed by atoms with Gasteiger partial charge in [0.15, 0.2) is 0 Å². The first-order valence-electron chi connectivity index (χ1n) is 9.62. The van der Waals surface area contributed by atoms with Gasteiger partial charge in [0, 0.05) is 53.6 Å². The largest absolute Gasteiger partial charge is 0.384 e. The maximum atomic E-state index is 11.2. The molecule has 4 heteroatoms. The average molecular weight is 347 g/mol. The second kappa shape index (κ2) is 5.93. The summed E-state index contributed by atoms with van der Waals surface area (Å²) in [5, 5.41) is 12.6. The normalized spacial score (nSPS) is 22.2. The standard InChI is InChI=1S/C22H25N3O/c1-22(26,16-6-4-11-23-14-16)15-25-18-8-3-2-7-17(18)21-19-9-5-12-24(19)13-10-20(21)25/h2-4,6-8,11,14,19,26H,5,9-10,12-13,15H2,1H3. The Morgan fingerprint density at radius 2 is 2.08 bits per heavy atom. The highest BCUT2D eigenvalue weighted by molar-refractivity contribution is 5.86. The van der Waals surface area contributed by atoms with Crippen molar-refractivity contribution in [3.8, 4) is 0 Å². The lowest BCUT2D eigenvalue weighted by Gasteiger charge is -2.32. The molecule has 2 aliphatic heterocycles. The van der Waals surface area contributed by atoms with Crippen molar-refractivity contribution in [2.75, 3.05) is 13.1 Å². The molecule has 0 amide bonds. The third kappa shape index (κ3) is 2.40. The molecule has 2 aromatic heterocycles. The third-order valence-electron chi connectivity index (χ3n) is 6.20. The maximum Gasteiger partial charge on any atom is 0.106 e. The summed E-state index contributed by atoms with van der Waals surface area (Å²) in [4.78, 5) is 6.83. The Morgan fingerprint density at radius 1 is 1.19 bits per heavy atom. The summed E-state index contributed by atoms with van der Waals surface area (Å²) in [5.74, 6) is 0. The third-order valence-corrected chi connectivity index (χ3v) is 6.20. The summed E-state index contributed by atoms with van der Waals surface area (Å²) in [6.07, 6.45) is 7.12. The fraction of sp³-hybridized carbons (Fsp3) is 0.409. The number of pyridine rings is 1. The molecule has 3 aromatic rings. The van der Waals surface area contributed by atoms with Gasteiger partial charge < -0.3 is 9.67 Å². The van der Waals surface area contributed by atoms with Crippen molar-refractivity contribution in [2.45, 2.75) is 44.4 Å². The first kappa shape index (κ1) is 16.0. The first-order chi connectivity index (χ1) is 12.6. The first-order valence-corrected chi connectivity index (χ1v) is 9.62. The van der Waals surface area contributed by atoms with E-state index in [0.717, 1.165) is 18.5 Å². The average Bonchev–Trinajstić information content (AvgIpc) is 3.25. The van der Waals surface area contributed by atoms with E-state index in [9.17, 15) is 5.11 Å². The highest BCUT2D eigenvalue weighted by atomic mass is 16.3. The smallest absolute Gasteiger partial charge is 0.106 e. The summed E-state index contributed by atoms with van der Waals surface area (Å²) < 4.78 is 2.37. The molecular formula is C22H25N3O. The highest BCUT2D eigenvalue weighted by Gasteiger charge is 2.36. The van der Waals surface area contributed by atoms with E-state index >= 15 is 0 Å². The van der Waals surface area contributed by atoms with Crippen LogP contribution < -0.4 is 0 Å². The van der Waals surface area contributed by atoms with E-state index in [4.69, 9.17) is 0 Å². The quantitative estimate of drug-likeness (QED) is 0.786. The molecule has 4 nitrogen and oxygen atoms in total. The van der Waals surface area contributed by atoms with Crippen molar-refractivity contribution >= 4 is 10.9 Å². The van der Waals surface area contributed by atoms with E-state index in [2.05, 4.69) is 38.7 Å². The minimum atomic E-state index is -0.948. The van der Waals surface area contributed by atoms with E-state index in [0.29, 0.717) is 12.6 Å². The fourth-order valence-electron chi connectivity index (χ4n) is 4.96. The predicted octanol–water partition coefficient (Wildman–Crippen LogP) is 3.64. The van der Waals surface area contributed by atoms with E-state index < -0.39 is 5.60 Å². The van der Waals surface area contributed by atoms with Crippen LogP contribution in [0.4, 0.5) is 0 Å². The molecule has 1 N–H and O–H groups in total. The molecular weight excluding hydrogens is 322 g/mol. The number of hydrogen-bond acceptors (Lipinski definition) is 3. The lowest BCUT2D eigenvalue weighted by atomic mass is 9.95. The van der Waals surface area contributed by atoms with E-state index in [-0.39, 0.29) is 0 Å². The topological polar surface area (TPSA) is 41.3 Å². The van der Waals surface area contributed by atoms with Gasteiger partial charge in [-0.25, -0.2) is 0 Å². The zero-order valence-corrected chi connectivity index (χ0v) is 15.2. The second-order valence-electron chi connectivity index (χ2n) is 7.92. The minimum absolute atomic E-state index is 0.549. The number of aliphatic hydroxyl groups is 1. The predicted molar refractivity (Wildman–Crippen MR) is 103 cm³/mol. The van der Waals surface area contributed by atoms with Gasteiger partial charge in [-0.1, -0.05) is 24.3 Å². The molecule has 1 aromatic carbocycles. The molecule has 0 radical (unpaired) electrons.